The van der Waals surface area contributed by atoms with E-state index >= 15 is 0 Å². The molecule has 0 spiro atoms. The summed E-state index contributed by atoms with van der Waals surface area (Å²) in [7, 11) is 2.91. The second-order valence-corrected chi connectivity index (χ2v) is 12.5. The van der Waals surface area contributed by atoms with Crippen LogP contribution in [0, 0.1) is 5.41 Å². The molecule has 2 aromatic rings. The van der Waals surface area contributed by atoms with E-state index < -0.39 is 23.6 Å². The van der Waals surface area contributed by atoms with E-state index in [4.69, 9.17) is 38.4 Å². The third kappa shape index (κ3) is 10.1. The van der Waals surface area contributed by atoms with Gasteiger partial charge in [-0.25, -0.2) is 9.59 Å². The molecule has 1 aromatic carbocycles. The highest BCUT2D eigenvalue weighted by Gasteiger charge is 2.34. The van der Waals surface area contributed by atoms with Crippen LogP contribution in [0.3, 0.4) is 0 Å². The first-order valence-corrected chi connectivity index (χ1v) is 15.7. The predicted octanol–water partition coefficient (Wildman–Crippen LogP) is 5.51. The molecule has 0 radical (unpaired) electrons. The molecule has 2 amide bonds. The van der Waals surface area contributed by atoms with E-state index in [9.17, 15) is 19.5 Å². The lowest BCUT2D eigenvalue weighted by Crippen LogP contribution is -2.40. The van der Waals surface area contributed by atoms with E-state index in [1.807, 2.05) is 0 Å². The van der Waals surface area contributed by atoms with Crippen molar-refractivity contribution in [3.8, 4) is 11.3 Å². The van der Waals surface area contributed by atoms with Gasteiger partial charge in [0.15, 0.2) is 5.82 Å². The summed E-state index contributed by atoms with van der Waals surface area (Å²) >= 11 is 12.2. The fourth-order valence-corrected chi connectivity index (χ4v) is 6.24. The standard InChI is InChI=1S/C24H30Cl2N6O6S2/c25-16-6-4-5-15(18(16)26)19-20(27)29-21(32-31-19)30-23(36)38-10-12-40-39-11-9-37-22(35)28-14-24(13-17(33)34)7-2-1-3-8-24/h4-6H,1-3,7-14H2,(H,28,35)(H,33,34)(H3,27,29,30,32,36). The van der Waals surface area contributed by atoms with Crippen LogP contribution in [-0.4, -0.2) is 69.7 Å². The van der Waals surface area contributed by atoms with Crippen LogP contribution in [0.2, 0.25) is 10.0 Å². The number of amides is 2. The average molecular weight is 634 g/mol. The molecule has 0 aliphatic heterocycles. The molecule has 3 rings (SSSR count). The van der Waals surface area contributed by atoms with Gasteiger partial charge < -0.3 is 25.6 Å². The highest BCUT2D eigenvalue weighted by atomic mass is 35.5. The Balaban J connectivity index is 1.27. The Morgan fingerprint density at radius 2 is 1.70 bits per heavy atom. The molecule has 1 aromatic heterocycles. The summed E-state index contributed by atoms with van der Waals surface area (Å²) in [5.41, 5.74) is 6.24. The number of alkyl carbamates (subject to hydrolysis) is 1. The molecule has 12 nitrogen and oxygen atoms in total. The van der Waals surface area contributed by atoms with Gasteiger partial charge in [0.25, 0.3) is 5.95 Å². The fourth-order valence-electron chi connectivity index (χ4n) is 4.20. The number of carboxylic acids is 1. The smallest absolute Gasteiger partial charge is 0.414 e. The SMILES string of the molecule is Nc1nc(NC(=O)OCCSSCCOC(=O)NCC2(CC(=O)O)CCCCC2)nnc1-c1cccc(Cl)c1Cl. The molecule has 0 unspecified atom stereocenters. The summed E-state index contributed by atoms with van der Waals surface area (Å²) in [4.78, 5) is 39.3. The normalized spacial score (nSPS) is 14.2. The Kier molecular flexibility index (Phi) is 12.7. The van der Waals surface area contributed by atoms with Crippen LogP contribution in [0.15, 0.2) is 18.2 Å². The van der Waals surface area contributed by atoms with Crippen LogP contribution >= 0.6 is 44.8 Å². The number of nitrogens with zero attached hydrogens (tertiary/aromatic N) is 3. The van der Waals surface area contributed by atoms with Gasteiger partial charge >= 0.3 is 18.2 Å². The van der Waals surface area contributed by atoms with Crippen molar-refractivity contribution in [3.63, 3.8) is 0 Å². The Bertz CT molecular complexity index is 1190. The number of hydrogen-bond acceptors (Lipinski definition) is 11. The zero-order valence-corrected chi connectivity index (χ0v) is 24.6. The van der Waals surface area contributed by atoms with Gasteiger partial charge in [0.1, 0.15) is 18.9 Å². The lowest BCUT2D eigenvalue weighted by atomic mass is 9.72. The average Bonchev–Trinajstić information content (AvgIpc) is 2.91. The van der Waals surface area contributed by atoms with Gasteiger partial charge in [-0.15, -0.1) is 10.2 Å². The molecule has 16 heteroatoms. The number of anilines is 2. The number of nitrogens with two attached hydrogens (primary N) is 1. The molecule has 218 valence electrons. The fraction of sp³-hybridized carbons (Fsp3) is 0.500. The highest BCUT2D eigenvalue weighted by molar-refractivity contribution is 8.76. The number of rotatable bonds is 13. The minimum atomic E-state index is -0.851. The van der Waals surface area contributed by atoms with Gasteiger partial charge in [0, 0.05) is 23.6 Å². The molecular weight excluding hydrogens is 603 g/mol. The van der Waals surface area contributed by atoms with E-state index in [1.165, 1.54) is 21.6 Å². The summed E-state index contributed by atoms with van der Waals surface area (Å²) in [6.45, 7) is 0.613. The predicted molar refractivity (Wildman–Crippen MR) is 157 cm³/mol. The molecule has 1 saturated carbocycles. The molecule has 5 N–H and O–H groups in total. The Labute approximate surface area is 249 Å². The lowest BCUT2D eigenvalue weighted by molar-refractivity contribution is -0.140. The number of ether oxygens (including phenoxy) is 2. The van der Waals surface area contributed by atoms with Gasteiger partial charge in [0.2, 0.25) is 0 Å². The van der Waals surface area contributed by atoms with Crippen molar-refractivity contribution in [3.05, 3.63) is 28.2 Å². The highest BCUT2D eigenvalue weighted by Crippen LogP contribution is 2.39. The molecule has 0 saturated heterocycles. The number of carboxylic acid groups (broad SMARTS) is 1. The summed E-state index contributed by atoms with van der Waals surface area (Å²) in [6.07, 6.45) is 3.33. The molecule has 1 fully saturated rings. The van der Waals surface area contributed by atoms with Crippen molar-refractivity contribution in [1.82, 2.24) is 20.5 Å². The zero-order valence-electron chi connectivity index (χ0n) is 21.5. The van der Waals surface area contributed by atoms with Gasteiger partial charge in [0.05, 0.1) is 16.5 Å². The van der Waals surface area contributed by atoms with E-state index in [1.54, 1.807) is 18.2 Å². The van der Waals surface area contributed by atoms with Crippen LogP contribution in [0.5, 0.6) is 0 Å². The second-order valence-electron chi connectivity index (χ2n) is 9.00. The van der Waals surface area contributed by atoms with Crippen molar-refractivity contribution in [1.29, 1.82) is 0 Å². The summed E-state index contributed by atoms with van der Waals surface area (Å²) in [5.74, 6) is 0.0588. The lowest BCUT2D eigenvalue weighted by Gasteiger charge is -2.36. The molecule has 0 atom stereocenters. The number of hydrogen-bond donors (Lipinski definition) is 4. The summed E-state index contributed by atoms with van der Waals surface area (Å²) in [5, 5.41) is 22.7. The van der Waals surface area contributed by atoms with E-state index in [-0.39, 0.29) is 42.1 Å². The number of aliphatic carboxylic acids is 1. The maximum absolute atomic E-state index is 12.0. The van der Waals surface area contributed by atoms with Crippen LogP contribution in [-0.2, 0) is 14.3 Å². The number of carbonyl (C=O) groups is 3. The van der Waals surface area contributed by atoms with Crippen molar-refractivity contribution in [2.75, 3.05) is 42.3 Å². The number of benzene rings is 1. The number of nitrogen functional groups attached to an aromatic ring is 1. The Hall–Kier alpha value is -2.68. The van der Waals surface area contributed by atoms with Gasteiger partial charge in [-0.1, -0.05) is 76.2 Å². The molecule has 1 aliphatic rings. The molecular formula is C24H30Cl2N6O6S2. The zero-order chi connectivity index (χ0) is 29.0. The maximum atomic E-state index is 12.0. The van der Waals surface area contributed by atoms with Crippen molar-refractivity contribution >= 4 is 74.7 Å². The minimum Gasteiger partial charge on any atom is -0.481 e. The minimum absolute atomic E-state index is 0.00563. The number of halogens is 2. The largest absolute Gasteiger partial charge is 0.481 e. The van der Waals surface area contributed by atoms with E-state index in [0.717, 1.165) is 32.1 Å². The van der Waals surface area contributed by atoms with Crippen LogP contribution in [0.1, 0.15) is 38.5 Å². The number of nitrogens with one attached hydrogen (secondary N) is 2. The van der Waals surface area contributed by atoms with E-state index in [0.29, 0.717) is 28.6 Å². The third-order valence-electron chi connectivity index (χ3n) is 6.07. The third-order valence-corrected chi connectivity index (χ3v) is 9.22. The van der Waals surface area contributed by atoms with Crippen molar-refractivity contribution in [2.45, 2.75) is 38.5 Å². The number of carbonyl (C=O) groups excluding carboxylic acids is 2. The Morgan fingerprint density at radius 1 is 1.02 bits per heavy atom. The molecule has 1 heterocycles. The van der Waals surface area contributed by atoms with Crippen LogP contribution < -0.4 is 16.4 Å². The summed E-state index contributed by atoms with van der Waals surface area (Å²) < 4.78 is 10.3. The molecule has 1 aliphatic carbocycles. The first-order valence-electron chi connectivity index (χ1n) is 12.4. The first kappa shape index (κ1) is 31.8. The van der Waals surface area contributed by atoms with Crippen molar-refractivity contribution < 1.29 is 29.0 Å². The van der Waals surface area contributed by atoms with Gasteiger partial charge in [-0.05, 0) is 24.3 Å². The topological polar surface area (TPSA) is 179 Å². The summed E-state index contributed by atoms with van der Waals surface area (Å²) in [6, 6.07) is 4.98. The van der Waals surface area contributed by atoms with Crippen molar-refractivity contribution in [2.24, 2.45) is 5.41 Å². The monoisotopic (exact) mass is 632 g/mol. The van der Waals surface area contributed by atoms with E-state index in [2.05, 4.69) is 25.8 Å². The van der Waals surface area contributed by atoms with Gasteiger partial charge in [-0.3, -0.25) is 10.1 Å². The second kappa shape index (κ2) is 15.9. The Morgan fingerprint density at radius 3 is 2.35 bits per heavy atom. The molecule has 40 heavy (non-hydrogen) atoms. The van der Waals surface area contributed by atoms with Crippen LogP contribution in [0.4, 0.5) is 21.4 Å². The molecule has 0 bridgehead atoms. The first-order chi connectivity index (χ1) is 19.2. The quantitative estimate of drug-likeness (QED) is 0.161. The number of aromatic nitrogens is 3. The van der Waals surface area contributed by atoms with Gasteiger partial charge in [-0.2, -0.15) is 4.98 Å². The van der Waals surface area contributed by atoms with Crippen LogP contribution in [0.25, 0.3) is 11.3 Å². The maximum Gasteiger partial charge on any atom is 0.414 e.